The van der Waals surface area contributed by atoms with Crippen LogP contribution in [0.2, 0.25) is 0 Å². The summed E-state index contributed by atoms with van der Waals surface area (Å²) in [5, 5.41) is 20.0. The van der Waals surface area contributed by atoms with Crippen LogP contribution < -0.4 is 20.9 Å². The summed E-state index contributed by atoms with van der Waals surface area (Å²) < 4.78 is 8.21. The van der Waals surface area contributed by atoms with Crippen LogP contribution >= 0.6 is 0 Å². The topological polar surface area (TPSA) is 127 Å². The molecule has 0 atom stereocenters. The molecule has 3 rings (SSSR count). The lowest BCUT2D eigenvalue weighted by atomic mass is 10.2. The molecule has 1 aliphatic heterocycles. The van der Waals surface area contributed by atoms with Crippen molar-refractivity contribution in [1.82, 2.24) is 14.0 Å². The molecule has 0 aliphatic carbocycles. The van der Waals surface area contributed by atoms with E-state index < -0.39 is 4.92 Å². The number of non-ortho nitro benzene ring substituents is 1. The van der Waals surface area contributed by atoms with E-state index >= 15 is 0 Å². The molecular weight excluding hydrogens is 404 g/mol. The van der Waals surface area contributed by atoms with Crippen LogP contribution in [0.25, 0.3) is 0 Å². The molecule has 11 nitrogen and oxygen atoms in total. The van der Waals surface area contributed by atoms with Gasteiger partial charge in [0.2, 0.25) is 0 Å². The van der Waals surface area contributed by atoms with Crippen molar-refractivity contribution in [2.75, 3.05) is 44.2 Å². The lowest BCUT2D eigenvalue weighted by Crippen LogP contribution is -2.49. The Morgan fingerprint density at radius 3 is 2.48 bits per heavy atom. The molecule has 31 heavy (non-hydrogen) atoms. The minimum absolute atomic E-state index is 0.141. The van der Waals surface area contributed by atoms with E-state index in [1.807, 2.05) is 11.0 Å². The molecule has 1 aliphatic rings. The van der Waals surface area contributed by atoms with Crippen LogP contribution in [0.5, 0.6) is 5.75 Å². The van der Waals surface area contributed by atoms with Crippen LogP contribution in [0, 0.1) is 21.4 Å². The third-order valence-corrected chi connectivity index (χ3v) is 5.37. The number of nitriles is 1. The van der Waals surface area contributed by atoms with Gasteiger partial charge in [0.15, 0.2) is 0 Å². The number of nitrogens with zero attached hydrogens (tertiary/aromatic N) is 6. The van der Waals surface area contributed by atoms with Gasteiger partial charge in [-0.05, 0) is 12.5 Å². The molecule has 1 fully saturated rings. The van der Waals surface area contributed by atoms with E-state index in [9.17, 15) is 19.7 Å². The van der Waals surface area contributed by atoms with Crippen LogP contribution in [0.4, 0.5) is 11.5 Å². The van der Waals surface area contributed by atoms with Crippen LogP contribution in [-0.2, 0) is 14.1 Å². The molecule has 0 amide bonds. The largest absolute Gasteiger partial charge is 0.492 e. The summed E-state index contributed by atoms with van der Waals surface area (Å²) in [6.45, 7) is 4.13. The first-order chi connectivity index (χ1) is 14.8. The fraction of sp³-hybridized carbons (Fsp3) is 0.450. The predicted octanol–water partition coefficient (Wildman–Crippen LogP) is 0.455. The highest BCUT2D eigenvalue weighted by atomic mass is 16.6. The Balaban J connectivity index is 1.49. The van der Waals surface area contributed by atoms with Gasteiger partial charge in [-0.1, -0.05) is 0 Å². The number of nitro groups is 1. The number of ether oxygens (including phenoxy) is 1. The van der Waals surface area contributed by atoms with E-state index in [4.69, 9.17) is 10.00 Å². The first kappa shape index (κ1) is 22.0. The number of benzene rings is 1. The highest BCUT2D eigenvalue weighted by Crippen LogP contribution is 2.23. The summed E-state index contributed by atoms with van der Waals surface area (Å²) >= 11 is 0. The molecule has 0 saturated carbocycles. The van der Waals surface area contributed by atoms with Crippen LogP contribution in [0.1, 0.15) is 12.0 Å². The lowest BCUT2D eigenvalue weighted by molar-refractivity contribution is -0.384. The van der Waals surface area contributed by atoms with E-state index in [1.165, 1.54) is 35.9 Å². The number of rotatable bonds is 7. The molecule has 11 heteroatoms. The molecule has 164 valence electrons. The Morgan fingerprint density at radius 2 is 1.84 bits per heavy atom. The Morgan fingerprint density at radius 1 is 1.13 bits per heavy atom. The first-order valence-corrected chi connectivity index (χ1v) is 9.87. The summed E-state index contributed by atoms with van der Waals surface area (Å²) in [6, 6.07) is 7.39. The number of hydrogen-bond donors (Lipinski definition) is 0. The van der Waals surface area contributed by atoms with Crippen molar-refractivity contribution in [3.8, 4) is 11.8 Å². The molecule has 2 aromatic rings. The maximum Gasteiger partial charge on any atom is 0.332 e. The first-order valence-electron chi connectivity index (χ1n) is 9.87. The minimum atomic E-state index is -0.546. The van der Waals surface area contributed by atoms with Crippen molar-refractivity contribution in [3.63, 3.8) is 0 Å². The predicted molar refractivity (Wildman–Crippen MR) is 114 cm³/mol. The van der Waals surface area contributed by atoms with Gasteiger partial charge in [-0.15, -0.1) is 0 Å². The van der Waals surface area contributed by atoms with E-state index in [-0.39, 0.29) is 22.5 Å². The lowest BCUT2D eigenvalue weighted by Gasteiger charge is -2.36. The molecule has 0 spiro atoms. The van der Waals surface area contributed by atoms with E-state index in [0.29, 0.717) is 31.3 Å². The van der Waals surface area contributed by atoms with Crippen LogP contribution in [0.3, 0.4) is 0 Å². The van der Waals surface area contributed by atoms with E-state index in [0.717, 1.165) is 30.6 Å². The summed E-state index contributed by atoms with van der Waals surface area (Å²) in [4.78, 5) is 38.6. The fourth-order valence-electron chi connectivity index (χ4n) is 3.54. The third-order valence-electron chi connectivity index (χ3n) is 5.37. The van der Waals surface area contributed by atoms with Crippen LogP contribution in [0.15, 0.2) is 33.9 Å². The third kappa shape index (κ3) is 4.92. The Labute approximate surface area is 178 Å². The highest BCUT2D eigenvalue weighted by Gasteiger charge is 2.20. The van der Waals surface area contributed by atoms with Crippen molar-refractivity contribution in [2.45, 2.75) is 6.42 Å². The number of nitro benzene ring substituents is 1. The van der Waals surface area contributed by atoms with E-state index in [2.05, 4.69) is 4.90 Å². The molecule has 2 heterocycles. The van der Waals surface area contributed by atoms with Gasteiger partial charge in [0.25, 0.3) is 11.2 Å². The summed E-state index contributed by atoms with van der Waals surface area (Å²) in [7, 11) is 3.12. The molecular formula is C20H24N6O5. The zero-order chi connectivity index (χ0) is 22.5. The molecule has 0 N–H and O–H groups in total. The average Bonchev–Trinajstić information content (AvgIpc) is 2.78. The van der Waals surface area contributed by atoms with Crippen molar-refractivity contribution < 1.29 is 9.66 Å². The second-order valence-electron chi connectivity index (χ2n) is 7.32. The van der Waals surface area contributed by atoms with Crippen molar-refractivity contribution >= 4 is 11.5 Å². The average molecular weight is 428 g/mol. The fourth-order valence-corrected chi connectivity index (χ4v) is 3.54. The summed E-state index contributed by atoms with van der Waals surface area (Å²) in [6.07, 6.45) is 0.728. The smallest absolute Gasteiger partial charge is 0.332 e. The monoisotopic (exact) mass is 428 g/mol. The second-order valence-corrected chi connectivity index (χ2v) is 7.32. The molecule has 1 aromatic heterocycles. The van der Waals surface area contributed by atoms with Gasteiger partial charge in [0.1, 0.15) is 23.2 Å². The van der Waals surface area contributed by atoms with Gasteiger partial charge in [0, 0.05) is 65.0 Å². The maximum atomic E-state index is 12.1. The van der Waals surface area contributed by atoms with Gasteiger partial charge < -0.3 is 9.64 Å². The standard InChI is InChI=1S/C20H24N6O5/c1-22-18(13-19(27)23(2)20(22)28)25-9-7-24(8-10-25)6-3-11-31-17-5-4-16(26(29)30)12-15(17)14-21/h4-5,12-13H,3,6-11H2,1-2H3. The van der Waals surface area contributed by atoms with Gasteiger partial charge >= 0.3 is 5.69 Å². The van der Waals surface area contributed by atoms with Crippen molar-refractivity contribution in [3.05, 3.63) is 60.8 Å². The summed E-state index contributed by atoms with van der Waals surface area (Å²) in [5.74, 6) is 0.961. The van der Waals surface area contributed by atoms with E-state index in [1.54, 1.807) is 7.05 Å². The normalized spacial score (nSPS) is 14.3. The van der Waals surface area contributed by atoms with Gasteiger partial charge in [0.05, 0.1) is 11.5 Å². The number of aromatic nitrogens is 2. The van der Waals surface area contributed by atoms with Crippen LogP contribution in [-0.4, -0.2) is 58.3 Å². The van der Waals surface area contributed by atoms with Crippen molar-refractivity contribution in [1.29, 1.82) is 5.26 Å². The molecule has 1 saturated heterocycles. The summed E-state index contributed by atoms with van der Waals surface area (Å²) in [5.41, 5.74) is -0.663. The minimum Gasteiger partial charge on any atom is -0.492 e. The molecule has 1 aromatic carbocycles. The number of anilines is 1. The Bertz CT molecular complexity index is 1120. The van der Waals surface area contributed by atoms with Crippen molar-refractivity contribution in [2.24, 2.45) is 14.1 Å². The zero-order valence-corrected chi connectivity index (χ0v) is 17.5. The van der Waals surface area contributed by atoms with Gasteiger partial charge in [-0.25, -0.2) is 4.79 Å². The maximum absolute atomic E-state index is 12.1. The Hall–Kier alpha value is -3.65. The van der Waals surface area contributed by atoms with Gasteiger partial charge in [-0.2, -0.15) is 5.26 Å². The zero-order valence-electron chi connectivity index (χ0n) is 17.5. The molecule has 0 unspecified atom stereocenters. The number of piperazine rings is 1. The van der Waals surface area contributed by atoms with Gasteiger partial charge in [-0.3, -0.25) is 28.9 Å². The highest BCUT2D eigenvalue weighted by molar-refractivity contribution is 5.50. The molecule has 0 radical (unpaired) electrons. The SMILES string of the molecule is Cn1c(N2CCN(CCCOc3ccc([N+](=O)[O-])cc3C#N)CC2)cc(=O)n(C)c1=O. The number of hydrogen-bond acceptors (Lipinski definition) is 8. The Kier molecular flexibility index (Phi) is 6.71. The second kappa shape index (κ2) is 9.44. The quantitative estimate of drug-likeness (QED) is 0.353. The molecule has 0 bridgehead atoms.